The average molecular weight is 283 g/mol. The summed E-state index contributed by atoms with van der Waals surface area (Å²) >= 11 is 0. The van der Waals surface area contributed by atoms with E-state index in [0.29, 0.717) is 12.2 Å². The van der Waals surface area contributed by atoms with Crippen molar-refractivity contribution in [1.29, 1.82) is 0 Å². The molecule has 0 unspecified atom stereocenters. The molecule has 0 radical (unpaired) electrons. The van der Waals surface area contributed by atoms with Crippen molar-refractivity contribution >= 4 is 15.7 Å². The second-order valence-corrected chi connectivity index (χ2v) is 6.78. The number of piperidine rings is 1. The van der Waals surface area contributed by atoms with E-state index in [1.807, 2.05) is 6.92 Å². The molecule has 106 valence electrons. The SMILES string of the molecule is CCN(c1ccncc1)S(=O)(=O)CC1CCNCC1. The fourth-order valence-electron chi connectivity index (χ4n) is 2.49. The lowest BCUT2D eigenvalue weighted by molar-refractivity contribution is 0.401. The van der Waals surface area contributed by atoms with Crippen molar-refractivity contribution in [3.63, 3.8) is 0 Å². The van der Waals surface area contributed by atoms with Gasteiger partial charge in [0.25, 0.3) is 0 Å². The van der Waals surface area contributed by atoms with Gasteiger partial charge in [-0.15, -0.1) is 0 Å². The molecule has 0 saturated carbocycles. The van der Waals surface area contributed by atoms with Crippen molar-refractivity contribution in [2.24, 2.45) is 5.92 Å². The Kier molecular flexibility index (Phi) is 4.76. The molecule has 1 saturated heterocycles. The first-order valence-corrected chi connectivity index (χ1v) is 8.35. The van der Waals surface area contributed by atoms with Gasteiger partial charge in [-0.3, -0.25) is 9.29 Å². The van der Waals surface area contributed by atoms with Gasteiger partial charge in [0.2, 0.25) is 10.0 Å². The Bertz CT molecular complexity index is 484. The lowest BCUT2D eigenvalue weighted by Gasteiger charge is -2.27. The fourth-order valence-corrected chi connectivity index (χ4v) is 4.43. The second-order valence-electron chi connectivity index (χ2n) is 4.84. The Labute approximate surface area is 115 Å². The lowest BCUT2D eigenvalue weighted by Crippen LogP contribution is -2.38. The molecule has 0 aromatic carbocycles. The zero-order valence-electron chi connectivity index (χ0n) is 11.2. The first-order valence-electron chi connectivity index (χ1n) is 6.74. The summed E-state index contributed by atoms with van der Waals surface area (Å²) < 4.78 is 26.5. The average Bonchev–Trinajstić information content (AvgIpc) is 2.41. The number of nitrogens with one attached hydrogen (secondary N) is 1. The number of anilines is 1. The third-order valence-electron chi connectivity index (χ3n) is 3.48. The van der Waals surface area contributed by atoms with Crippen LogP contribution in [0, 0.1) is 5.92 Å². The Hall–Kier alpha value is -1.14. The standard InChI is InChI=1S/C13H21N3O2S/c1-2-16(13-5-9-15-10-6-13)19(17,18)11-12-3-7-14-8-4-12/h5-6,9-10,12,14H,2-4,7-8,11H2,1H3. The molecule has 2 rings (SSSR count). The molecule has 0 aliphatic carbocycles. The van der Waals surface area contributed by atoms with Crippen molar-refractivity contribution in [3.8, 4) is 0 Å². The van der Waals surface area contributed by atoms with Gasteiger partial charge >= 0.3 is 0 Å². The molecule has 1 N–H and O–H groups in total. The zero-order chi connectivity index (χ0) is 13.7. The number of nitrogens with zero attached hydrogens (tertiary/aromatic N) is 2. The molecule has 0 spiro atoms. The van der Waals surface area contributed by atoms with Gasteiger partial charge in [-0.2, -0.15) is 0 Å². The second kappa shape index (κ2) is 6.34. The highest BCUT2D eigenvalue weighted by molar-refractivity contribution is 7.92. The van der Waals surface area contributed by atoms with Crippen molar-refractivity contribution in [2.45, 2.75) is 19.8 Å². The third-order valence-corrected chi connectivity index (χ3v) is 5.51. The summed E-state index contributed by atoms with van der Waals surface area (Å²) in [5, 5.41) is 3.26. The molecule has 6 heteroatoms. The maximum Gasteiger partial charge on any atom is 0.235 e. The summed E-state index contributed by atoms with van der Waals surface area (Å²) in [7, 11) is -3.25. The number of sulfonamides is 1. The van der Waals surface area contributed by atoms with Crippen LogP contribution in [-0.4, -0.2) is 38.8 Å². The monoisotopic (exact) mass is 283 g/mol. The molecule has 1 aromatic heterocycles. The minimum Gasteiger partial charge on any atom is -0.317 e. The van der Waals surface area contributed by atoms with Crippen LogP contribution in [0.1, 0.15) is 19.8 Å². The largest absolute Gasteiger partial charge is 0.317 e. The molecule has 0 bridgehead atoms. The van der Waals surface area contributed by atoms with Gasteiger partial charge in [-0.1, -0.05) is 0 Å². The van der Waals surface area contributed by atoms with Crippen molar-refractivity contribution in [1.82, 2.24) is 10.3 Å². The van der Waals surface area contributed by atoms with Crippen LogP contribution in [0.3, 0.4) is 0 Å². The van der Waals surface area contributed by atoms with Gasteiger partial charge in [-0.05, 0) is 50.9 Å². The minimum atomic E-state index is -3.25. The van der Waals surface area contributed by atoms with Crippen LogP contribution < -0.4 is 9.62 Å². The molecule has 2 heterocycles. The van der Waals surface area contributed by atoms with E-state index in [-0.39, 0.29) is 11.7 Å². The van der Waals surface area contributed by atoms with Gasteiger partial charge in [-0.25, -0.2) is 8.42 Å². The summed E-state index contributed by atoms with van der Waals surface area (Å²) in [5.41, 5.74) is 0.700. The number of hydrogen-bond donors (Lipinski definition) is 1. The summed E-state index contributed by atoms with van der Waals surface area (Å²) in [6.07, 6.45) is 5.12. The molecule has 1 aliphatic heterocycles. The van der Waals surface area contributed by atoms with Crippen LogP contribution in [0.4, 0.5) is 5.69 Å². The van der Waals surface area contributed by atoms with E-state index >= 15 is 0 Å². The van der Waals surface area contributed by atoms with E-state index in [4.69, 9.17) is 0 Å². The van der Waals surface area contributed by atoms with E-state index in [1.165, 1.54) is 4.31 Å². The summed E-state index contributed by atoms with van der Waals surface area (Å²) in [6, 6.07) is 3.48. The zero-order valence-corrected chi connectivity index (χ0v) is 12.1. The molecular weight excluding hydrogens is 262 g/mol. The predicted molar refractivity (Wildman–Crippen MR) is 76.6 cm³/mol. The van der Waals surface area contributed by atoms with Gasteiger partial charge in [0.05, 0.1) is 11.4 Å². The first-order chi connectivity index (χ1) is 9.13. The number of hydrogen-bond acceptors (Lipinski definition) is 4. The van der Waals surface area contributed by atoms with Crippen LogP contribution in [0.5, 0.6) is 0 Å². The van der Waals surface area contributed by atoms with Gasteiger partial charge in [0, 0.05) is 18.9 Å². The minimum absolute atomic E-state index is 0.241. The Morgan fingerprint density at radius 1 is 1.32 bits per heavy atom. The maximum atomic E-state index is 12.5. The van der Waals surface area contributed by atoms with E-state index in [9.17, 15) is 8.42 Å². The highest BCUT2D eigenvalue weighted by atomic mass is 32.2. The first kappa shape index (κ1) is 14.3. The molecular formula is C13H21N3O2S. The van der Waals surface area contributed by atoms with E-state index in [1.54, 1.807) is 24.5 Å². The van der Waals surface area contributed by atoms with Crippen molar-refractivity contribution < 1.29 is 8.42 Å². The number of aromatic nitrogens is 1. The third kappa shape index (κ3) is 3.67. The number of rotatable bonds is 5. The predicted octanol–water partition coefficient (Wildman–Crippen LogP) is 1.24. The van der Waals surface area contributed by atoms with Crippen LogP contribution in [0.2, 0.25) is 0 Å². The van der Waals surface area contributed by atoms with E-state index in [0.717, 1.165) is 25.9 Å². The summed E-state index contributed by atoms with van der Waals surface area (Å²) in [4.78, 5) is 3.93. The van der Waals surface area contributed by atoms with Gasteiger partial charge in [0.1, 0.15) is 0 Å². The van der Waals surface area contributed by atoms with Crippen LogP contribution >= 0.6 is 0 Å². The highest BCUT2D eigenvalue weighted by Gasteiger charge is 2.26. The fraction of sp³-hybridized carbons (Fsp3) is 0.615. The summed E-state index contributed by atoms with van der Waals surface area (Å²) in [5.74, 6) is 0.507. The van der Waals surface area contributed by atoms with E-state index in [2.05, 4.69) is 10.3 Å². The normalized spacial score (nSPS) is 17.3. The molecule has 5 nitrogen and oxygen atoms in total. The maximum absolute atomic E-state index is 12.5. The van der Waals surface area contributed by atoms with Crippen molar-refractivity contribution in [2.75, 3.05) is 29.7 Å². The summed E-state index contributed by atoms with van der Waals surface area (Å²) in [6.45, 7) is 4.15. The Balaban J connectivity index is 2.12. The van der Waals surface area contributed by atoms with Gasteiger partial charge < -0.3 is 5.32 Å². The molecule has 1 aliphatic rings. The van der Waals surface area contributed by atoms with Crippen LogP contribution in [-0.2, 0) is 10.0 Å². The van der Waals surface area contributed by atoms with E-state index < -0.39 is 10.0 Å². The molecule has 1 fully saturated rings. The van der Waals surface area contributed by atoms with Crippen molar-refractivity contribution in [3.05, 3.63) is 24.5 Å². The Morgan fingerprint density at radius 2 is 1.95 bits per heavy atom. The molecule has 1 aromatic rings. The van der Waals surface area contributed by atoms with Crippen LogP contribution in [0.15, 0.2) is 24.5 Å². The van der Waals surface area contributed by atoms with Gasteiger partial charge in [0.15, 0.2) is 0 Å². The van der Waals surface area contributed by atoms with Crippen LogP contribution in [0.25, 0.3) is 0 Å². The lowest BCUT2D eigenvalue weighted by atomic mass is 10.0. The topological polar surface area (TPSA) is 62.3 Å². The quantitative estimate of drug-likeness (QED) is 0.883. The smallest absolute Gasteiger partial charge is 0.235 e. The Morgan fingerprint density at radius 3 is 2.53 bits per heavy atom. The molecule has 19 heavy (non-hydrogen) atoms. The molecule has 0 atom stereocenters. The highest BCUT2D eigenvalue weighted by Crippen LogP contribution is 2.21. The molecule has 0 amide bonds. The number of pyridine rings is 1.